The molecular weight excluding hydrogens is 520 g/mol. The van der Waals surface area contributed by atoms with Crippen LogP contribution in [0, 0.1) is 6.92 Å². The number of aromatic nitrogens is 1. The van der Waals surface area contributed by atoms with Gasteiger partial charge in [-0.1, -0.05) is 29.8 Å². The summed E-state index contributed by atoms with van der Waals surface area (Å²) in [5, 5.41) is 4.59. The highest BCUT2D eigenvalue weighted by molar-refractivity contribution is 7.93. The highest BCUT2D eigenvalue weighted by Gasteiger charge is 2.25. The van der Waals surface area contributed by atoms with Crippen LogP contribution in [0.4, 0.5) is 16.5 Å². The molecule has 0 atom stereocenters. The number of rotatable bonds is 8. The number of anilines is 3. The standard InChI is InChI=1S/C24H22N4O5S3/c1-17-7-11-20(12-8-17)36(32,33)28(2)22-6-4-3-5-21(22)23(29)26-18-9-13-19(14-10-18)35(30,31)27-24-25-15-16-34-24/h3-16H,1-2H3,(H,25,27)(H,26,29). The first-order chi connectivity index (χ1) is 17.1. The molecule has 2 N–H and O–H groups in total. The highest BCUT2D eigenvalue weighted by Crippen LogP contribution is 2.27. The maximum Gasteiger partial charge on any atom is 0.264 e. The lowest BCUT2D eigenvalue weighted by molar-refractivity contribution is 0.102. The van der Waals surface area contributed by atoms with Gasteiger partial charge in [-0.2, -0.15) is 0 Å². The van der Waals surface area contributed by atoms with Crippen LogP contribution < -0.4 is 14.3 Å². The molecule has 1 heterocycles. The molecule has 0 saturated carbocycles. The van der Waals surface area contributed by atoms with Crippen LogP contribution in [0.1, 0.15) is 15.9 Å². The van der Waals surface area contributed by atoms with E-state index in [1.165, 1.54) is 55.7 Å². The second-order valence-electron chi connectivity index (χ2n) is 7.72. The molecule has 0 spiro atoms. The third-order valence-electron chi connectivity index (χ3n) is 5.24. The third kappa shape index (κ3) is 5.40. The molecule has 0 bridgehead atoms. The molecule has 0 aliphatic rings. The first-order valence-electron chi connectivity index (χ1n) is 10.6. The maximum absolute atomic E-state index is 13.1. The van der Waals surface area contributed by atoms with Gasteiger partial charge in [-0.3, -0.25) is 13.8 Å². The van der Waals surface area contributed by atoms with Crippen LogP contribution in [0.2, 0.25) is 0 Å². The number of hydrogen-bond acceptors (Lipinski definition) is 7. The Labute approximate surface area is 213 Å². The van der Waals surface area contributed by atoms with Gasteiger partial charge in [0.05, 0.1) is 21.0 Å². The molecule has 0 aliphatic heterocycles. The van der Waals surface area contributed by atoms with Crippen molar-refractivity contribution in [3.63, 3.8) is 0 Å². The van der Waals surface area contributed by atoms with E-state index in [1.807, 2.05) is 6.92 Å². The smallest absolute Gasteiger partial charge is 0.264 e. The summed E-state index contributed by atoms with van der Waals surface area (Å²) in [4.78, 5) is 17.1. The number of carbonyl (C=O) groups is 1. The van der Waals surface area contributed by atoms with Gasteiger partial charge in [0.2, 0.25) is 0 Å². The van der Waals surface area contributed by atoms with Crippen molar-refractivity contribution in [3.8, 4) is 0 Å². The lowest BCUT2D eigenvalue weighted by atomic mass is 10.1. The Morgan fingerprint density at radius 1 is 0.889 bits per heavy atom. The van der Waals surface area contributed by atoms with Crippen LogP contribution in [-0.4, -0.2) is 34.8 Å². The monoisotopic (exact) mass is 542 g/mol. The summed E-state index contributed by atoms with van der Waals surface area (Å²) in [6.07, 6.45) is 1.49. The summed E-state index contributed by atoms with van der Waals surface area (Å²) in [7, 11) is -6.35. The Morgan fingerprint density at radius 3 is 2.17 bits per heavy atom. The molecule has 0 aliphatic carbocycles. The van der Waals surface area contributed by atoms with E-state index in [0.717, 1.165) is 21.2 Å². The highest BCUT2D eigenvalue weighted by atomic mass is 32.2. The molecule has 186 valence electrons. The van der Waals surface area contributed by atoms with Gasteiger partial charge in [-0.05, 0) is 55.5 Å². The molecular formula is C24H22N4O5S3. The largest absolute Gasteiger partial charge is 0.322 e. The van der Waals surface area contributed by atoms with Crippen molar-refractivity contribution in [2.45, 2.75) is 16.7 Å². The van der Waals surface area contributed by atoms with Gasteiger partial charge in [0.1, 0.15) is 0 Å². The zero-order valence-corrected chi connectivity index (χ0v) is 21.7. The topological polar surface area (TPSA) is 126 Å². The van der Waals surface area contributed by atoms with Crippen molar-refractivity contribution < 1.29 is 21.6 Å². The van der Waals surface area contributed by atoms with Crippen molar-refractivity contribution in [3.05, 3.63) is 95.5 Å². The van der Waals surface area contributed by atoms with Crippen LogP contribution in [0.3, 0.4) is 0 Å². The van der Waals surface area contributed by atoms with Crippen molar-refractivity contribution in [2.75, 3.05) is 21.4 Å². The number of amides is 1. The van der Waals surface area contributed by atoms with E-state index >= 15 is 0 Å². The Morgan fingerprint density at radius 2 is 1.53 bits per heavy atom. The minimum atomic E-state index is -3.91. The summed E-state index contributed by atoms with van der Waals surface area (Å²) in [5.74, 6) is -0.548. The maximum atomic E-state index is 13.1. The quantitative estimate of drug-likeness (QED) is 0.341. The predicted octanol–water partition coefficient (Wildman–Crippen LogP) is 4.33. The predicted molar refractivity (Wildman–Crippen MR) is 141 cm³/mol. The fraction of sp³-hybridized carbons (Fsp3) is 0.0833. The molecule has 9 nitrogen and oxygen atoms in total. The molecule has 3 aromatic carbocycles. The SMILES string of the molecule is Cc1ccc(S(=O)(=O)N(C)c2ccccc2C(=O)Nc2ccc(S(=O)(=O)Nc3nccs3)cc2)cc1. The Hall–Kier alpha value is -3.74. The minimum absolute atomic E-state index is 0.0000219. The van der Waals surface area contributed by atoms with E-state index in [1.54, 1.807) is 35.7 Å². The molecule has 0 fully saturated rings. The second kappa shape index (κ2) is 10.1. The number of nitrogens with zero attached hydrogens (tertiary/aromatic N) is 2. The van der Waals surface area contributed by atoms with Crippen LogP contribution in [0.5, 0.6) is 0 Å². The molecule has 36 heavy (non-hydrogen) atoms. The van der Waals surface area contributed by atoms with Crippen molar-refractivity contribution in [1.82, 2.24) is 4.98 Å². The minimum Gasteiger partial charge on any atom is -0.322 e. The summed E-state index contributed by atoms with van der Waals surface area (Å²) in [5.41, 5.74) is 1.60. The van der Waals surface area contributed by atoms with Gasteiger partial charge in [0.15, 0.2) is 5.13 Å². The fourth-order valence-corrected chi connectivity index (χ4v) is 6.30. The zero-order chi connectivity index (χ0) is 25.9. The summed E-state index contributed by atoms with van der Waals surface area (Å²) in [6.45, 7) is 1.86. The van der Waals surface area contributed by atoms with Gasteiger partial charge in [-0.25, -0.2) is 21.8 Å². The van der Waals surface area contributed by atoms with E-state index in [9.17, 15) is 21.6 Å². The molecule has 0 unspecified atom stereocenters. The van der Waals surface area contributed by atoms with Gasteiger partial charge < -0.3 is 5.32 Å². The number of benzene rings is 3. The number of nitrogens with one attached hydrogen (secondary N) is 2. The number of para-hydroxylation sites is 1. The number of carbonyl (C=O) groups excluding carboxylic acids is 1. The summed E-state index contributed by atoms with van der Waals surface area (Å²) in [6, 6.07) is 18.4. The average molecular weight is 543 g/mol. The fourth-order valence-electron chi connectivity index (χ4n) is 3.30. The van der Waals surface area contributed by atoms with Crippen LogP contribution in [0.25, 0.3) is 0 Å². The van der Waals surface area contributed by atoms with E-state index in [4.69, 9.17) is 0 Å². The second-order valence-corrected chi connectivity index (χ2v) is 12.3. The Kier molecular flexibility index (Phi) is 7.11. The average Bonchev–Trinajstić information content (AvgIpc) is 3.36. The lowest BCUT2D eigenvalue weighted by Crippen LogP contribution is -2.29. The van der Waals surface area contributed by atoms with Crippen molar-refractivity contribution >= 4 is 53.8 Å². The molecule has 0 radical (unpaired) electrons. The van der Waals surface area contributed by atoms with Gasteiger partial charge in [0, 0.05) is 24.3 Å². The molecule has 0 saturated heterocycles. The summed E-state index contributed by atoms with van der Waals surface area (Å²) >= 11 is 1.15. The number of aryl methyl sites for hydroxylation is 1. The Balaban J connectivity index is 1.54. The molecule has 12 heteroatoms. The summed E-state index contributed by atoms with van der Waals surface area (Å²) < 4.78 is 54.8. The van der Waals surface area contributed by atoms with Gasteiger partial charge in [0.25, 0.3) is 26.0 Å². The third-order valence-corrected chi connectivity index (χ3v) is 9.20. The molecule has 1 aromatic heterocycles. The van der Waals surface area contributed by atoms with E-state index in [2.05, 4.69) is 15.0 Å². The van der Waals surface area contributed by atoms with Crippen molar-refractivity contribution in [2.24, 2.45) is 0 Å². The van der Waals surface area contributed by atoms with Crippen LogP contribution in [0.15, 0.2) is 94.2 Å². The van der Waals surface area contributed by atoms with Gasteiger partial charge in [-0.15, -0.1) is 11.3 Å². The molecule has 4 aromatic rings. The normalized spacial score (nSPS) is 11.6. The van der Waals surface area contributed by atoms with Crippen LogP contribution >= 0.6 is 11.3 Å². The first kappa shape index (κ1) is 25.4. The van der Waals surface area contributed by atoms with Crippen molar-refractivity contribution in [1.29, 1.82) is 0 Å². The molecule has 1 amide bonds. The van der Waals surface area contributed by atoms with Crippen LogP contribution in [-0.2, 0) is 20.0 Å². The number of thiazole rings is 1. The van der Waals surface area contributed by atoms with Gasteiger partial charge >= 0.3 is 0 Å². The van der Waals surface area contributed by atoms with E-state index in [-0.39, 0.29) is 26.2 Å². The first-order valence-corrected chi connectivity index (χ1v) is 14.4. The van der Waals surface area contributed by atoms with E-state index in [0.29, 0.717) is 5.69 Å². The number of hydrogen-bond donors (Lipinski definition) is 2. The number of sulfonamides is 2. The van der Waals surface area contributed by atoms with E-state index < -0.39 is 26.0 Å². The Bertz CT molecular complexity index is 1580. The lowest BCUT2D eigenvalue weighted by Gasteiger charge is -2.22. The molecule has 4 rings (SSSR count). The zero-order valence-electron chi connectivity index (χ0n) is 19.2.